The van der Waals surface area contributed by atoms with Gasteiger partial charge in [0.25, 0.3) is 0 Å². The summed E-state index contributed by atoms with van der Waals surface area (Å²) in [5, 5.41) is 3.02. The summed E-state index contributed by atoms with van der Waals surface area (Å²) in [5.41, 5.74) is 1.11. The van der Waals surface area contributed by atoms with Gasteiger partial charge < -0.3 is 14.6 Å². The van der Waals surface area contributed by atoms with Gasteiger partial charge in [0, 0.05) is 32.0 Å². The second-order valence-electron chi connectivity index (χ2n) is 3.58. The van der Waals surface area contributed by atoms with Gasteiger partial charge in [-0.1, -0.05) is 0 Å². The Labute approximate surface area is 94.9 Å². The average Bonchev–Trinajstić information content (AvgIpc) is 2.82. The average molecular weight is 217 g/mol. The van der Waals surface area contributed by atoms with E-state index in [1.54, 1.807) is 12.5 Å². The molecule has 0 atom stereocenters. The van der Waals surface area contributed by atoms with Gasteiger partial charge in [-0.25, -0.2) is 4.98 Å². The van der Waals surface area contributed by atoms with Gasteiger partial charge in [0.15, 0.2) is 0 Å². The number of hydrogen-bond donors (Lipinski definition) is 1. The van der Waals surface area contributed by atoms with Gasteiger partial charge in [-0.2, -0.15) is 0 Å². The molecular formula is C12H15N3O. The van der Waals surface area contributed by atoms with Crippen molar-refractivity contribution < 1.29 is 4.42 Å². The highest BCUT2D eigenvalue weighted by Gasteiger charge is 2.04. The number of furan rings is 1. The number of pyridine rings is 1. The first-order valence-electron chi connectivity index (χ1n) is 5.17. The fraction of sp³-hybridized carbons (Fsp3) is 0.250. The predicted molar refractivity (Wildman–Crippen MR) is 64.6 cm³/mol. The van der Waals surface area contributed by atoms with Crippen molar-refractivity contribution in [3.63, 3.8) is 0 Å². The van der Waals surface area contributed by atoms with E-state index in [0.717, 1.165) is 23.8 Å². The molecule has 0 radical (unpaired) electrons. The second kappa shape index (κ2) is 4.70. The minimum atomic E-state index is 0.750. The fourth-order valence-electron chi connectivity index (χ4n) is 1.52. The van der Waals surface area contributed by atoms with Gasteiger partial charge >= 0.3 is 0 Å². The van der Waals surface area contributed by atoms with Crippen molar-refractivity contribution >= 4 is 11.5 Å². The first kappa shape index (κ1) is 10.5. The fourth-order valence-corrected chi connectivity index (χ4v) is 1.52. The lowest BCUT2D eigenvalue weighted by atomic mass is 10.3. The van der Waals surface area contributed by atoms with E-state index in [9.17, 15) is 0 Å². The molecule has 0 unspecified atom stereocenters. The van der Waals surface area contributed by atoms with E-state index < -0.39 is 0 Å². The summed E-state index contributed by atoms with van der Waals surface area (Å²) >= 11 is 0. The Hall–Kier alpha value is -1.97. The van der Waals surface area contributed by atoms with Crippen molar-refractivity contribution in [1.29, 1.82) is 0 Å². The van der Waals surface area contributed by atoms with Crippen molar-refractivity contribution in [1.82, 2.24) is 4.98 Å². The molecule has 0 saturated carbocycles. The molecule has 0 spiro atoms. The summed E-state index contributed by atoms with van der Waals surface area (Å²) in [5.74, 6) is 1.81. The molecule has 0 aliphatic rings. The predicted octanol–water partition coefficient (Wildman–Crippen LogP) is 2.35. The number of rotatable bonds is 4. The molecule has 2 rings (SSSR count). The van der Waals surface area contributed by atoms with E-state index in [2.05, 4.69) is 15.2 Å². The maximum Gasteiger partial charge on any atom is 0.127 e. The highest BCUT2D eigenvalue weighted by molar-refractivity contribution is 5.53. The Morgan fingerprint density at radius 1 is 1.44 bits per heavy atom. The molecule has 0 amide bonds. The molecular weight excluding hydrogens is 202 g/mol. The van der Waals surface area contributed by atoms with Gasteiger partial charge in [-0.3, -0.25) is 0 Å². The molecule has 0 bridgehead atoms. The third-order valence-electron chi connectivity index (χ3n) is 2.41. The van der Waals surface area contributed by atoms with Gasteiger partial charge in [0.2, 0.25) is 0 Å². The van der Waals surface area contributed by atoms with Crippen molar-refractivity contribution in [2.45, 2.75) is 6.54 Å². The summed E-state index contributed by atoms with van der Waals surface area (Å²) < 4.78 is 5.31. The van der Waals surface area contributed by atoms with E-state index >= 15 is 0 Å². The number of nitrogens with one attached hydrogen (secondary N) is 1. The molecule has 0 aliphatic heterocycles. The topological polar surface area (TPSA) is 41.3 Å². The zero-order chi connectivity index (χ0) is 11.4. The largest absolute Gasteiger partial charge is 0.467 e. The van der Waals surface area contributed by atoms with Gasteiger partial charge in [-0.05, 0) is 18.2 Å². The van der Waals surface area contributed by atoms with Gasteiger partial charge in [0.05, 0.1) is 12.8 Å². The third-order valence-corrected chi connectivity index (χ3v) is 2.41. The molecule has 2 heterocycles. The Kier molecular flexibility index (Phi) is 3.10. The maximum absolute atomic E-state index is 5.31. The van der Waals surface area contributed by atoms with E-state index in [-0.39, 0.29) is 0 Å². The van der Waals surface area contributed by atoms with Crippen molar-refractivity contribution in [2.75, 3.05) is 24.3 Å². The second-order valence-corrected chi connectivity index (χ2v) is 3.58. The molecule has 16 heavy (non-hydrogen) atoms. The summed E-state index contributed by atoms with van der Waals surface area (Å²) in [7, 11) is 3.88. The van der Waals surface area contributed by atoms with E-state index in [1.807, 2.05) is 38.4 Å². The molecule has 0 aromatic carbocycles. The van der Waals surface area contributed by atoms with Crippen LogP contribution in [0.4, 0.5) is 11.5 Å². The smallest absolute Gasteiger partial charge is 0.127 e. The molecule has 0 saturated heterocycles. The summed E-state index contributed by atoms with van der Waals surface area (Å²) in [4.78, 5) is 6.29. The number of aromatic nitrogens is 1. The summed E-state index contributed by atoms with van der Waals surface area (Å²) in [6.07, 6.45) is 3.48. The maximum atomic E-state index is 5.31. The van der Waals surface area contributed by atoms with Crippen molar-refractivity contribution in [2.24, 2.45) is 0 Å². The molecule has 1 N–H and O–H groups in total. The zero-order valence-corrected chi connectivity index (χ0v) is 9.47. The number of nitrogens with zero attached hydrogens (tertiary/aromatic N) is 2. The quantitative estimate of drug-likeness (QED) is 0.853. The van der Waals surface area contributed by atoms with Crippen LogP contribution in [-0.2, 0) is 6.54 Å². The Morgan fingerprint density at radius 3 is 3.00 bits per heavy atom. The monoisotopic (exact) mass is 217 g/mol. The Bertz CT molecular complexity index is 439. The summed E-state index contributed by atoms with van der Waals surface area (Å²) in [6.45, 7) is 0.750. The van der Waals surface area contributed by atoms with Crippen LogP contribution in [0.2, 0.25) is 0 Å². The molecule has 4 heteroatoms. The minimum absolute atomic E-state index is 0.750. The van der Waals surface area contributed by atoms with Crippen molar-refractivity contribution in [3.8, 4) is 0 Å². The summed E-state index contributed by atoms with van der Waals surface area (Å²) in [6, 6.07) is 7.85. The minimum Gasteiger partial charge on any atom is -0.467 e. The van der Waals surface area contributed by atoms with Crippen LogP contribution >= 0.6 is 0 Å². The highest BCUT2D eigenvalue weighted by Crippen LogP contribution is 2.17. The van der Waals surface area contributed by atoms with E-state index in [4.69, 9.17) is 4.42 Å². The van der Waals surface area contributed by atoms with Crippen LogP contribution in [0.15, 0.2) is 41.1 Å². The third kappa shape index (κ3) is 2.34. The lowest BCUT2D eigenvalue weighted by Crippen LogP contribution is -2.16. The Morgan fingerprint density at radius 2 is 2.31 bits per heavy atom. The molecule has 4 nitrogen and oxygen atoms in total. The lowest BCUT2D eigenvalue weighted by Gasteiger charge is -2.18. The van der Waals surface area contributed by atoms with Crippen LogP contribution in [0.1, 0.15) is 5.76 Å². The molecule has 2 aromatic heterocycles. The van der Waals surface area contributed by atoms with Gasteiger partial charge in [0.1, 0.15) is 11.6 Å². The van der Waals surface area contributed by atoms with Crippen LogP contribution in [0.3, 0.4) is 0 Å². The highest BCUT2D eigenvalue weighted by atomic mass is 16.3. The van der Waals surface area contributed by atoms with E-state index in [0.29, 0.717) is 0 Å². The van der Waals surface area contributed by atoms with Crippen LogP contribution in [0.5, 0.6) is 0 Å². The Balaban J connectivity index is 2.11. The van der Waals surface area contributed by atoms with Crippen LogP contribution in [0.25, 0.3) is 0 Å². The van der Waals surface area contributed by atoms with Crippen LogP contribution in [0, 0.1) is 0 Å². The number of hydrogen-bond acceptors (Lipinski definition) is 4. The lowest BCUT2D eigenvalue weighted by molar-refractivity contribution is 0.507. The van der Waals surface area contributed by atoms with Crippen LogP contribution < -0.4 is 10.2 Å². The molecule has 2 aromatic rings. The number of anilines is 2. The van der Waals surface area contributed by atoms with Crippen LogP contribution in [-0.4, -0.2) is 19.1 Å². The van der Waals surface area contributed by atoms with Crippen molar-refractivity contribution in [3.05, 3.63) is 42.5 Å². The first-order valence-corrected chi connectivity index (χ1v) is 5.17. The first-order chi connectivity index (χ1) is 7.79. The standard InChI is InChI=1S/C12H15N3O/c1-13-12-8-10(5-6-14-12)15(2)9-11-4-3-7-16-11/h3-8H,9H2,1-2H3,(H,13,14). The van der Waals surface area contributed by atoms with Gasteiger partial charge in [-0.15, -0.1) is 0 Å². The normalized spacial score (nSPS) is 10.1. The zero-order valence-electron chi connectivity index (χ0n) is 9.47. The van der Waals surface area contributed by atoms with E-state index in [1.165, 1.54) is 0 Å². The molecule has 84 valence electrons. The SMILES string of the molecule is CNc1cc(N(C)Cc2ccco2)ccn1. The molecule has 0 aliphatic carbocycles. The molecule has 0 fully saturated rings.